The van der Waals surface area contributed by atoms with Crippen LogP contribution in [0.3, 0.4) is 0 Å². The van der Waals surface area contributed by atoms with E-state index < -0.39 is 0 Å². The Kier molecular flexibility index (Phi) is 4.55. The third kappa shape index (κ3) is 3.27. The minimum atomic E-state index is 1.24. The molecule has 0 fully saturated rings. The van der Waals surface area contributed by atoms with Crippen LogP contribution in [0, 0.1) is 0 Å². The highest BCUT2D eigenvalue weighted by Crippen LogP contribution is 2.36. The molecular weight excluding hydrogens is 384 g/mol. The summed E-state index contributed by atoms with van der Waals surface area (Å²) >= 11 is 0. The lowest BCUT2D eigenvalue weighted by atomic mass is 9.91. The monoisotopic (exact) mass is 406 g/mol. The molecule has 0 spiro atoms. The van der Waals surface area contributed by atoms with Crippen molar-refractivity contribution in [1.29, 1.82) is 0 Å². The molecule has 0 aliphatic carbocycles. The zero-order chi connectivity index (χ0) is 21.3. The fourth-order valence-electron chi connectivity index (χ4n) is 4.63. The van der Waals surface area contributed by atoms with Crippen LogP contribution in [0.1, 0.15) is 0 Å². The first kappa shape index (κ1) is 18.6. The summed E-state index contributed by atoms with van der Waals surface area (Å²) in [5.41, 5.74) is 7.53. The van der Waals surface area contributed by atoms with Gasteiger partial charge in [-0.15, -0.1) is 0 Å². The van der Waals surface area contributed by atoms with Crippen LogP contribution in [-0.4, -0.2) is 0 Å². The minimum absolute atomic E-state index is 1.24. The van der Waals surface area contributed by atoms with E-state index in [0.29, 0.717) is 0 Å². The minimum Gasteiger partial charge on any atom is -0.0622 e. The van der Waals surface area contributed by atoms with Crippen LogP contribution < -0.4 is 0 Å². The number of benzene rings is 6. The van der Waals surface area contributed by atoms with Gasteiger partial charge in [-0.25, -0.2) is 0 Å². The van der Waals surface area contributed by atoms with Gasteiger partial charge in [0.25, 0.3) is 0 Å². The molecule has 6 aromatic carbocycles. The molecule has 0 saturated heterocycles. The van der Waals surface area contributed by atoms with E-state index in [1.54, 1.807) is 0 Å². The Morgan fingerprint density at radius 3 is 1.47 bits per heavy atom. The quantitative estimate of drug-likeness (QED) is 0.275. The first-order valence-electron chi connectivity index (χ1n) is 11.0. The summed E-state index contributed by atoms with van der Waals surface area (Å²) in [4.78, 5) is 0. The Hall–Kier alpha value is -4.16. The van der Waals surface area contributed by atoms with Crippen LogP contribution in [0.2, 0.25) is 0 Å². The third-order valence-corrected chi connectivity index (χ3v) is 6.29. The number of rotatable bonds is 3. The molecule has 0 aromatic heterocycles. The maximum Gasteiger partial charge on any atom is -0.00992 e. The van der Waals surface area contributed by atoms with Gasteiger partial charge in [0.15, 0.2) is 0 Å². The van der Waals surface area contributed by atoms with E-state index >= 15 is 0 Å². The standard InChI is InChI=1S/C32H22/c1-2-9-25(10-3-1)29-20-21-30(32-13-7-6-12-31(29)32)26-17-14-24(15-18-26)28-19-16-23-8-4-5-11-27(23)22-28/h1-22H. The van der Waals surface area contributed by atoms with Gasteiger partial charge in [0.1, 0.15) is 0 Å². The number of hydrogen-bond donors (Lipinski definition) is 0. The van der Waals surface area contributed by atoms with E-state index in [2.05, 4.69) is 133 Å². The molecule has 0 N–H and O–H groups in total. The largest absolute Gasteiger partial charge is 0.0622 e. The van der Waals surface area contributed by atoms with Crippen molar-refractivity contribution in [1.82, 2.24) is 0 Å². The predicted octanol–water partition coefficient (Wildman–Crippen LogP) is 8.99. The average molecular weight is 407 g/mol. The predicted molar refractivity (Wildman–Crippen MR) is 138 cm³/mol. The topological polar surface area (TPSA) is 0 Å². The van der Waals surface area contributed by atoms with Crippen LogP contribution in [0.25, 0.3) is 54.9 Å². The average Bonchev–Trinajstić information content (AvgIpc) is 2.88. The van der Waals surface area contributed by atoms with Gasteiger partial charge in [-0.05, 0) is 61.0 Å². The van der Waals surface area contributed by atoms with Gasteiger partial charge in [-0.1, -0.05) is 127 Å². The third-order valence-electron chi connectivity index (χ3n) is 6.29. The van der Waals surface area contributed by atoms with Gasteiger partial charge in [-0.3, -0.25) is 0 Å². The highest BCUT2D eigenvalue weighted by Gasteiger charge is 2.09. The molecule has 0 saturated carbocycles. The van der Waals surface area contributed by atoms with Gasteiger partial charge in [0.05, 0.1) is 0 Å². The van der Waals surface area contributed by atoms with E-state index in [0.717, 1.165) is 0 Å². The first-order chi connectivity index (χ1) is 15.9. The molecule has 32 heavy (non-hydrogen) atoms. The lowest BCUT2D eigenvalue weighted by Gasteiger charge is -2.13. The Balaban J connectivity index is 1.43. The lowest BCUT2D eigenvalue weighted by molar-refractivity contribution is 1.61. The fourth-order valence-corrected chi connectivity index (χ4v) is 4.63. The molecule has 0 bridgehead atoms. The van der Waals surface area contributed by atoms with Gasteiger partial charge >= 0.3 is 0 Å². The van der Waals surface area contributed by atoms with Crippen LogP contribution in [-0.2, 0) is 0 Å². The molecule has 0 aliphatic rings. The number of hydrogen-bond acceptors (Lipinski definition) is 0. The van der Waals surface area contributed by atoms with Crippen LogP contribution in [0.5, 0.6) is 0 Å². The molecule has 6 aromatic rings. The smallest absolute Gasteiger partial charge is 0.00992 e. The summed E-state index contributed by atoms with van der Waals surface area (Å²) in [7, 11) is 0. The van der Waals surface area contributed by atoms with Crippen molar-refractivity contribution in [3.63, 3.8) is 0 Å². The second kappa shape index (κ2) is 7.83. The molecule has 0 unspecified atom stereocenters. The zero-order valence-corrected chi connectivity index (χ0v) is 17.7. The summed E-state index contributed by atoms with van der Waals surface area (Å²) in [6.07, 6.45) is 0. The van der Waals surface area contributed by atoms with Crippen LogP contribution >= 0.6 is 0 Å². The fraction of sp³-hybridized carbons (Fsp3) is 0. The normalized spacial score (nSPS) is 11.1. The summed E-state index contributed by atoms with van der Waals surface area (Å²) in [5.74, 6) is 0. The Labute approximate surface area is 188 Å². The second-order valence-electron chi connectivity index (χ2n) is 8.21. The van der Waals surface area contributed by atoms with E-state index in [9.17, 15) is 0 Å². The molecule has 0 atom stereocenters. The van der Waals surface area contributed by atoms with Crippen molar-refractivity contribution in [2.24, 2.45) is 0 Å². The van der Waals surface area contributed by atoms with Crippen molar-refractivity contribution in [3.8, 4) is 33.4 Å². The van der Waals surface area contributed by atoms with Gasteiger partial charge < -0.3 is 0 Å². The first-order valence-corrected chi connectivity index (χ1v) is 11.0. The molecule has 0 heterocycles. The summed E-state index contributed by atoms with van der Waals surface area (Å²) in [6, 6.07) is 48.0. The van der Waals surface area contributed by atoms with E-state index in [4.69, 9.17) is 0 Å². The summed E-state index contributed by atoms with van der Waals surface area (Å²) in [5, 5.41) is 5.12. The van der Waals surface area contributed by atoms with Crippen molar-refractivity contribution in [2.45, 2.75) is 0 Å². The summed E-state index contributed by atoms with van der Waals surface area (Å²) in [6.45, 7) is 0. The molecule has 6 rings (SSSR count). The summed E-state index contributed by atoms with van der Waals surface area (Å²) < 4.78 is 0. The zero-order valence-electron chi connectivity index (χ0n) is 17.7. The van der Waals surface area contributed by atoms with Crippen molar-refractivity contribution < 1.29 is 0 Å². The Morgan fingerprint density at radius 2 is 0.781 bits per heavy atom. The molecule has 0 aliphatic heterocycles. The van der Waals surface area contributed by atoms with Gasteiger partial charge in [-0.2, -0.15) is 0 Å². The maximum atomic E-state index is 2.27. The second-order valence-corrected chi connectivity index (χ2v) is 8.21. The van der Waals surface area contributed by atoms with E-state index in [-0.39, 0.29) is 0 Å². The van der Waals surface area contributed by atoms with E-state index in [1.807, 2.05) is 0 Å². The Bertz CT molecular complexity index is 1540. The molecule has 0 heteroatoms. The van der Waals surface area contributed by atoms with Crippen molar-refractivity contribution in [2.75, 3.05) is 0 Å². The maximum absolute atomic E-state index is 2.27. The van der Waals surface area contributed by atoms with E-state index in [1.165, 1.54) is 54.9 Å². The van der Waals surface area contributed by atoms with Crippen LogP contribution in [0.15, 0.2) is 133 Å². The SMILES string of the molecule is c1ccc(-c2ccc(-c3ccc(-c4ccc5ccccc5c4)cc3)c3ccccc23)cc1. The lowest BCUT2D eigenvalue weighted by Crippen LogP contribution is -1.86. The molecule has 0 radical (unpaired) electrons. The molecule has 0 amide bonds. The van der Waals surface area contributed by atoms with Gasteiger partial charge in [0, 0.05) is 0 Å². The highest BCUT2D eigenvalue weighted by atomic mass is 14.1. The van der Waals surface area contributed by atoms with Crippen molar-refractivity contribution >= 4 is 21.5 Å². The molecule has 0 nitrogen and oxygen atoms in total. The number of fused-ring (bicyclic) bond motifs is 2. The molecule has 150 valence electrons. The molecular formula is C32H22. The highest BCUT2D eigenvalue weighted by molar-refractivity contribution is 6.05. The van der Waals surface area contributed by atoms with Crippen LogP contribution in [0.4, 0.5) is 0 Å². The Morgan fingerprint density at radius 1 is 0.281 bits per heavy atom. The van der Waals surface area contributed by atoms with Gasteiger partial charge in [0.2, 0.25) is 0 Å². The van der Waals surface area contributed by atoms with Crippen molar-refractivity contribution in [3.05, 3.63) is 133 Å².